The molecule has 0 aliphatic carbocycles. The van der Waals surface area contributed by atoms with Gasteiger partial charge < -0.3 is 14.4 Å². The smallest absolute Gasteiger partial charge is 0.260 e. The number of hydrogen-bond donors (Lipinski definition) is 0. The summed E-state index contributed by atoms with van der Waals surface area (Å²) in [6.07, 6.45) is 0.926. The van der Waals surface area contributed by atoms with Crippen molar-refractivity contribution in [3.8, 4) is 11.5 Å². The van der Waals surface area contributed by atoms with Gasteiger partial charge in [0.2, 0.25) is 0 Å². The van der Waals surface area contributed by atoms with Crippen LogP contribution in [-0.2, 0) is 11.3 Å². The van der Waals surface area contributed by atoms with Crippen LogP contribution in [0, 0.1) is 0 Å². The summed E-state index contributed by atoms with van der Waals surface area (Å²) in [5.41, 5.74) is 1.16. The highest BCUT2D eigenvalue weighted by Crippen LogP contribution is 2.19. The molecule has 22 heavy (non-hydrogen) atoms. The first kappa shape index (κ1) is 16.4. The second-order valence-electron chi connectivity index (χ2n) is 4.91. The topological polar surface area (TPSA) is 38.8 Å². The molecule has 0 atom stereocenters. The summed E-state index contributed by atoms with van der Waals surface area (Å²) in [5.74, 6) is 1.35. The Morgan fingerprint density at radius 3 is 2.77 bits per heavy atom. The highest BCUT2D eigenvalue weighted by molar-refractivity contribution is 7.07. The van der Waals surface area contributed by atoms with Crippen LogP contribution in [0.3, 0.4) is 0 Å². The molecule has 0 radical (unpaired) electrons. The number of benzene rings is 1. The number of nitrogens with zero attached hydrogens (tertiary/aromatic N) is 1. The predicted octanol–water partition coefficient (Wildman–Crippen LogP) is 3.57. The van der Waals surface area contributed by atoms with E-state index in [-0.39, 0.29) is 12.5 Å². The Morgan fingerprint density at radius 2 is 2.09 bits per heavy atom. The van der Waals surface area contributed by atoms with Crippen molar-refractivity contribution in [2.45, 2.75) is 19.9 Å². The van der Waals surface area contributed by atoms with Crippen LogP contribution < -0.4 is 9.47 Å². The van der Waals surface area contributed by atoms with Gasteiger partial charge in [-0.15, -0.1) is 0 Å². The highest BCUT2D eigenvalue weighted by Gasteiger charge is 2.14. The SMILES string of the molecule is CCCN(Cc1ccsc1)C(=O)COc1cccc(OC)c1. The molecule has 0 unspecified atom stereocenters. The molecule has 0 saturated heterocycles. The molecule has 1 aromatic carbocycles. The molecule has 0 saturated carbocycles. The van der Waals surface area contributed by atoms with Crippen LogP contribution in [0.5, 0.6) is 11.5 Å². The summed E-state index contributed by atoms with van der Waals surface area (Å²) in [7, 11) is 1.61. The Labute approximate surface area is 135 Å². The number of carbonyl (C=O) groups is 1. The third-order valence-corrected chi connectivity index (χ3v) is 3.94. The summed E-state index contributed by atoms with van der Waals surface area (Å²) >= 11 is 1.64. The lowest BCUT2D eigenvalue weighted by atomic mass is 10.3. The highest BCUT2D eigenvalue weighted by atomic mass is 32.1. The molecule has 1 amide bonds. The number of ether oxygens (including phenoxy) is 2. The van der Waals surface area contributed by atoms with E-state index < -0.39 is 0 Å². The Morgan fingerprint density at radius 1 is 1.27 bits per heavy atom. The minimum absolute atomic E-state index is 0.00382. The zero-order valence-corrected chi connectivity index (χ0v) is 13.8. The van der Waals surface area contributed by atoms with Crippen molar-refractivity contribution in [1.29, 1.82) is 0 Å². The summed E-state index contributed by atoms with van der Waals surface area (Å²) in [4.78, 5) is 14.2. The van der Waals surface area contributed by atoms with Crippen LogP contribution in [0.1, 0.15) is 18.9 Å². The zero-order chi connectivity index (χ0) is 15.8. The second kappa shape index (κ2) is 8.44. The Kier molecular flexibility index (Phi) is 6.27. The first-order valence-electron chi connectivity index (χ1n) is 7.28. The van der Waals surface area contributed by atoms with Crippen molar-refractivity contribution in [3.63, 3.8) is 0 Å². The van der Waals surface area contributed by atoms with Crippen molar-refractivity contribution in [2.24, 2.45) is 0 Å². The molecular formula is C17H21NO3S. The van der Waals surface area contributed by atoms with Gasteiger partial charge in [-0.05, 0) is 40.9 Å². The molecule has 1 heterocycles. The largest absolute Gasteiger partial charge is 0.497 e. The van der Waals surface area contributed by atoms with Crippen molar-refractivity contribution in [3.05, 3.63) is 46.7 Å². The number of thiophene rings is 1. The summed E-state index contributed by atoms with van der Waals surface area (Å²) in [6, 6.07) is 9.32. The number of amides is 1. The van der Waals surface area contributed by atoms with Crippen LogP contribution in [-0.4, -0.2) is 31.1 Å². The van der Waals surface area contributed by atoms with Crippen LogP contribution >= 0.6 is 11.3 Å². The number of hydrogen-bond acceptors (Lipinski definition) is 4. The van der Waals surface area contributed by atoms with Crippen molar-refractivity contribution in [1.82, 2.24) is 4.90 Å². The maximum atomic E-state index is 12.4. The van der Waals surface area contributed by atoms with E-state index >= 15 is 0 Å². The Balaban J connectivity index is 1.92. The van der Waals surface area contributed by atoms with Crippen molar-refractivity contribution >= 4 is 17.2 Å². The number of carbonyl (C=O) groups excluding carboxylic acids is 1. The molecule has 1 aromatic heterocycles. The minimum atomic E-state index is -0.00382. The van der Waals surface area contributed by atoms with Gasteiger partial charge in [-0.25, -0.2) is 0 Å². The number of rotatable bonds is 8. The maximum absolute atomic E-state index is 12.4. The third kappa shape index (κ3) is 4.77. The van der Waals surface area contributed by atoms with E-state index in [0.717, 1.165) is 18.5 Å². The molecule has 0 fully saturated rings. The first-order valence-corrected chi connectivity index (χ1v) is 8.23. The molecule has 0 aliphatic heterocycles. The predicted molar refractivity (Wildman–Crippen MR) is 88.5 cm³/mol. The van der Waals surface area contributed by atoms with Crippen LogP contribution in [0.4, 0.5) is 0 Å². The lowest BCUT2D eigenvalue weighted by Crippen LogP contribution is -2.35. The summed E-state index contributed by atoms with van der Waals surface area (Å²) in [5, 5.41) is 4.09. The second-order valence-corrected chi connectivity index (χ2v) is 5.69. The standard InChI is InChI=1S/C17H21NO3S/c1-3-8-18(11-14-7-9-22-13-14)17(19)12-21-16-6-4-5-15(10-16)20-2/h4-7,9-10,13H,3,8,11-12H2,1-2H3. The quantitative estimate of drug-likeness (QED) is 0.746. The van der Waals surface area contributed by atoms with E-state index in [1.165, 1.54) is 0 Å². The molecule has 2 aromatic rings. The molecule has 0 aliphatic rings. The molecule has 118 valence electrons. The minimum Gasteiger partial charge on any atom is -0.497 e. The van der Waals surface area contributed by atoms with Crippen LogP contribution in [0.25, 0.3) is 0 Å². The van der Waals surface area contributed by atoms with Crippen LogP contribution in [0.15, 0.2) is 41.1 Å². The third-order valence-electron chi connectivity index (χ3n) is 3.20. The van der Waals surface area contributed by atoms with Crippen molar-refractivity contribution < 1.29 is 14.3 Å². The van der Waals surface area contributed by atoms with Gasteiger partial charge in [-0.3, -0.25) is 4.79 Å². The number of methoxy groups -OCH3 is 1. The summed E-state index contributed by atoms with van der Waals surface area (Å²) in [6.45, 7) is 3.47. The fourth-order valence-corrected chi connectivity index (χ4v) is 2.75. The van der Waals surface area contributed by atoms with E-state index in [2.05, 4.69) is 12.3 Å². The van der Waals surface area contributed by atoms with E-state index in [4.69, 9.17) is 9.47 Å². The van der Waals surface area contributed by atoms with Crippen molar-refractivity contribution in [2.75, 3.05) is 20.3 Å². The fraction of sp³-hybridized carbons (Fsp3) is 0.353. The zero-order valence-electron chi connectivity index (χ0n) is 13.0. The molecular weight excluding hydrogens is 298 g/mol. The van der Waals surface area contributed by atoms with E-state index in [1.54, 1.807) is 24.5 Å². The van der Waals surface area contributed by atoms with Gasteiger partial charge in [0, 0.05) is 19.2 Å². The van der Waals surface area contributed by atoms with Gasteiger partial charge in [-0.2, -0.15) is 11.3 Å². The van der Waals surface area contributed by atoms with E-state index in [0.29, 0.717) is 18.0 Å². The molecule has 2 rings (SSSR count). The molecule has 0 N–H and O–H groups in total. The van der Waals surface area contributed by atoms with Gasteiger partial charge in [0.15, 0.2) is 6.61 Å². The summed E-state index contributed by atoms with van der Waals surface area (Å²) < 4.78 is 10.7. The Hall–Kier alpha value is -2.01. The van der Waals surface area contributed by atoms with E-state index in [1.807, 2.05) is 34.5 Å². The van der Waals surface area contributed by atoms with Gasteiger partial charge in [0.25, 0.3) is 5.91 Å². The average Bonchev–Trinajstić information content (AvgIpc) is 3.05. The molecule has 5 heteroatoms. The Bertz CT molecular complexity index is 583. The molecule has 0 spiro atoms. The molecule has 4 nitrogen and oxygen atoms in total. The average molecular weight is 319 g/mol. The monoisotopic (exact) mass is 319 g/mol. The normalized spacial score (nSPS) is 10.3. The molecule has 0 bridgehead atoms. The van der Waals surface area contributed by atoms with Gasteiger partial charge in [0.1, 0.15) is 11.5 Å². The lowest BCUT2D eigenvalue weighted by Gasteiger charge is -2.21. The maximum Gasteiger partial charge on any atom is 0.260 e. The van der Waals surface area contributed by atoms with Gasteiger partial charge >= 0.3 is 0 Å². The lowest BCUT2D eigenvalue weighted by molar-refractivity contribution is -0.134. The first-order chi connectivity index (χ1) is 10.7. The van der Waals surface area contributed by atoms with E-state index in [9.17, 15) is 4.79 Å². The van der Waals surface area contributed by atoms with Crippen LogP contribution in [0.2, 0.25) is 0 Å². The van der Waals surface area contributed by atoms with Gasteiger partial charge in [0.05, 0.1) is 7.11 Å². The fourth-order valence-electron chi connectivity index (χ4n) is 2.09. The van der Waals surface area contributed by atoms with Gasteiger partial charge in [-0.1, -0.05) is 13.0 Å².